The third kappa shape index (κ3) is 2.08. The summed E-state index contributed by atoms with van der Waals surface area (Å²) < 4.78 is 0. The van der Waals surface area contributed by atoms with Gasteiger partial charge in [0.25, 0.3) is 0 Å². The Morgan fingerprint density at radius 3 is 3.00 bits per heavy atom. The van der Waals surface area contributed by atoms with Gasteiger partial charge in [0.1, 0.15) is 0 Å². The molecule has 0 spiro atoms. The quantitative estimate of drug-likeness (QED) is 0.898. The van der Waals surface area contributed by atoms with Gasteiger partial charge < -0.3 is 5.11 Å². The third-order valence-electron chi connectivity index (χ3n) is 3.70. The second-order valence-corrected chi connectivity index (χ2v) is 6.14. The molecule has 1 heterocycles. The zero-order valence-corrected chi connectivity index (χ0v) is 11.3. The minimum Gasteiger partial charge on any atom is -0.385 e. The van der Waals surface area contributed by atoms with E-state index in [9.17, 15) is 5.11 Å². The fourth-order valence-electron chi connectivity index (χ4n) is 2.87. The number of aromatic nitrogens is 1. The molecule has 0 radical (unpaired) electrons. The molecule has 0 saturated carbocycles. The molecule has 2 nitrogen and oxygen atoms in total. The molecule has 18 heavy (non-hydrogen) atoms. The largest absolute Gasteiger partial charge is 0.385 e. The zero-order chi connectivity index (χ0) is 12.6. The standard InChI is InChI=1S/C15H17NOS/c1-11-16-13(10-18-11)9-15(17)8-4-6-12-5-2-3-7-14(12)15/h2-3,5,7,10,17H,4,6,8-9H2,1H3. The summed E-state index contributed by atoms with van der Waals surface area (Å²) >= 11 is 1.65. The topological polar surface area (TPSA) is 33.1 Å². The summed E-state index contributed by atoms with van der Waals surface area (Å²) in [5.41, 5.74) is 2.67. The molecule has 0 amide bonds. The Kier molecular flexibility index (Phi) is 2.96. The highest BCUT2D eigenvalue weighted by Crippen LogP contribution is 2.37. The first-order valence-electron chi connectivity index (χ1n) is 6.39. The Bertz CT molecular complexity index is 563. The summed E-state index contributed by atoms with van der Waals surface area (Å²) in [6.07, 6.45) is 3.60. The average Bonchev–Trinajstić information content (AvgIpc) is 2.75. The van der Waals surface area contributed by atoms with Gasteiger partial charge in [-0.2, -0.15) is 0 Å². The van der Waals surface area contributed by atoms with Gasteiger partial charge in [-0.3, -0.25) is 0 Å². The average molecular weight is 259 g/mol. The second kappa shape index (κ2) is 4.48. The van der Waals surface area contributed by atoms with Crippen LogP contribution in [0.4, 0.5) is 0 Å². The molecular formula is C15H17NOS. The van der Waals surface area contributed by atoms with Gasteiger partial charge in [-0.15, -0.1) is 11.3 Å². The summed E-state index contributed by atoms with van der Waals surface area (Å²) in [5, 5.41) is 14.1. The van der Waals surface area contributed by atoms with Crippen molar-refractivity contribution in [3.63, 3.8) is 0 Å². The summed E-state index contributed by atoms with van der Waals surface area (Å²) in [6.45, 7) is 2.01. The lowest BCUT2D eigenvalue weighted by atomic mass is 9.77. The minimum absolute atomic E-state index is 0.633. The normalized spacial score (nSPS) is 22.8. The number of rotatable bonds is 2. The van der Waals surface area contributed by atoms with Gasteiger partial charge in [0, 0.05) is 11.8 Å². The molecule has 1 aromatic carbocycles. The van der Waals surface area contributed by atoms with Gasteiger partial charge in [-0.1, -0.05) is 24.3 Å². The van der Waals surface area contributed by atoms with Crippen LogP contribution in [0, 0.1) is 6.92 Å². The molecule has 1 aromatic heterocycles. The highest BCUT2D eigenvalue weighted by Gasteiger charge is 2.34. The highest BCUT2D eigenvalue weighted by atomic mass is 32.1. The van der Waals surface area contributed by atoms with Crippen LogP contribution >= 0.6 is 11.3 Å². The molecule has 3 rings (SSSR count). The van der Waals surface area contributed by atoms with Crippen molar-refractivity contribution in [2.24, 2.45) is 0 Å². The Morgan fingerprint density at radius 1 is 1.39 bits per heavy atom. The fraction of sp³-hybridized carbons (Fsp3) is 0.400. The van der Waals surface area contributed by atoms with Crippen LogP contribution in [0.5, 0.6) is 0 Å². The first-order valence-corrected chi connectivity index (χ1v) is 7.27. The van der Waals surface area contributed by atoms with E-state index in [1.54, 1.807) is 11.3 Å². The van der Waals surface area contributed by atoms with Crippen LogP contribution in [0.3, 0.4) is 0 Å². The van der Waals surface area contributed by atoms with Crippen molar-refractivity contribution in [1.29, 1.82) is 0 Å². The number of benzene rings is 1. The van der Waals surface area contributed by atoms with Crippen LogP contribution in [0.2, 0.25) is 0 Å². The van der Waals surface area contributed by atoms with Crippen LogP contribution in [0.25, 0.3) is 0 Å². The summed E-state index contributed by atoms with van der Waals surface area (Å²) in [4.78, 5) is 4.48. The summed E-state index contributed by atoms with van der Waals surface area (Å²) in [6, 6.07) is 8.26. The summed E-state index contributed by atoms with van der Waals surface area (Å²) in [5.74, 6) is 0. The number of fused-ring (bicyclic) bond motifs is 1. The van der Waals surface area contributed by atoms with Gasteiger partial charge in [-0.05, 0) is 37.3 Å². The van der Waals surface area contributed by atoms with Gasteiger partial charge in [0.2, 0.25) is 0 Å². The lowest BCUT2D eigenvalue weighted by Gasteiger charge is -2.34. The number of aliphatic hydroxyl groups is 1. The Morgan fingerprint density at radius 2 is 2.22 bits per heavy atom. The van der Waals surface area contributed by atoms with Gasteiger partial charge in [-0.25, -0.2) is 4.98 Å². The summed E-state index contributed by atoms with van der Waals surface area (Å²) in [7, 11) is 0. The lowest BCUT2D eigenvalue weighted by Crippen LogP contribution is -2.33. The monoisotopic (exact) mass is 259 g/mol. The van der Waals surface area contributed by atoms with E-state index < -0.39 is 5.60 Å². The van der Waals surface area contributed by atoms with Crippen molar-refractivity contribution in [2.75, 3.05) is 0 Å². The van der Waals surface area contributed by atoms with Gasteiger partial charge in [0.05, 0.1) is 16.3 Å². The zero-order valence-electron chi connectivity index (χ0n) is 10.5. The fourth-order valence-corrected chi connectivity index (χ4v) is 3.48. The van der Waals surface area contributed by atoms with E-state index in [0.717, 1.165) is 35.5 Å². The molecule has 0 saturated heterocycles. The van der Waals surface area contributed by atoms with Crippen LogP contribution in [0.15, 0.2) is 29.6 Å². The Labute approximate surface area is 111 Å². The Balaban J connectivity index is 1.95. The smallest absolute Gasteiger partial charge is 0.0954 e. The maximum absolute atomic E-state index is 11.0. The van der Waals surface area contributed by atoms with E-state index >= 15 is 0 Å². The Hall–Kier alpha value is -1.19. The lowest BCUT2D eigenvalue weighted by molar-refractivity contribution is 0.0182. The van der Waals surface area contributed by atoms with E-state index in [-0.39, 0.29) is 0 Å². The van der Waals surface area contributed by atoms with Crippen LogP contribution in [-0.2, 0) is 18.4 Å². The van der Waals surface area contributed by atoms with E-state index in [2.05, 4.69) is 28.6 Å². The predicted molar refractivity (Wildman–Crippen MR) is 73.8 cm³/mol. The SMILES string of the molecule is Cc1nc(CC2(O)CCCc3ccccc32)cs1. The number of hydrogen-bond acceptors (Lipinski definition) is 3. The molecule has 1 aliphatic carbocycles. The molecular weight excluding hydrogens is 242 g/mol. The molecule has 0 bridgehead atoms. The van der Waals surface area contributed by atoms with Crippen molar-refractivity contribution in [3.8, 4) is 0 Å². The third-order valence-corrected chi connectivity index (χ3v) is 4.52. The van der Waals surface area contributed by atoms with Crippen LogP contribution in [-0.4, -0.2) is 10.1 Å². The van der Waals surface area contributed by atoms with Crippen LogP contribution in [0.1, 0.15) is 34.7 Å². The van der Waals surface area contributed by atoms with Gasteiger partial charge >= 0.3 is 0 Å². The molecule has 1 N–H and O–H groups in total. The van der Waals surface area contributed by atoms with Crippen molar-refractivity contribution in [2.45, 2.75) is 38.2 Å². The van der Waals surface area contributed by atoms with Crippen LogP contribution < -0.4 is 0 Å². The molecule has 3 heteroatoms. The molecule has 1 unspecified atom stereocenters. The number of nitrogens with zero attached hydrogens (tertiary/aromatic N) is 1. The highest BCUT2D eigenvalue weighted by molar-refractivity contribution is 7.09. The van der Waals surface area contributed by atoms with E-state index in [1.807, 2.05) is 13.0 Å². The predicted octanol–water partition coefficient (Wildman–Crippen LogP) is 3.22. The van der Waals surface area contributed by atoms with Crippen molar-refractivity contribution >= 4 is 11.3 Å². The molecule has 0 aliphatic heterocycles. The maximum atomic E-state index is 11.0. The molecule has 0 fully saturated rings. The molecule has 1 atom stereocenters. The van der Waals surface area contributed by atoms with Crippen molar-refractivity contribution in [3.05, 3.63) is 51.5 Å². The van der Waals surface area contributed by atoms with Gasteiger partial charge in [0.15, 0.2) is 0 Å². The second-order valence-electron chi connectivity index (χ2n) is 5.08. The molecule has 2 aromatic rings. The number of thiazole rings is 1. The van der Waals surface area contributed by atoms with Crippen molar-refractivity contribution < 1.29 is 5.11 Å². The first kappa shape index (κ1) is 11.9. The molecule has 94 valence electrons. The minimum atomic E-state index is -0.727. The van der Waals surface area contributed by atoms with E-state index in [4.69, 9.17) is 0 Å². The number of hydrogen-bond donors (Lipinski definition) is 1. The first-order chi connectivity index (χ1) is 8.67. The van der Waals surface area contributed by atoms with E-state index in [0.29, 0.717) is 6.42 Å². The molecule has 1 aliphatic rings. The van der Waals surface area contributed by atoms with E-state index in [1.165, 1.54) is 5.56 Å². The maximum Gasteiger partial charge on any atom is 0.0954 e. The number of aryl methyl sites for hydroxylation is 2. The van der Waals surface area contributed by atoms with Crippen molar-refractivity contribution in [1.82, 2.24) is 4.98 Å².